The standard InChI is InChI=1S/C17H19BrN2S/c1-2-19-17-14-6-4-3-5-12(14)7-9-15(17)21-16-10-8-13(18)11-20-16/h3-6,8,10-11,15,17,19H,2,7,9H2,1H3. The zero-order valence-corrected chi connectivity index (χ0v) is 14.5. The van der Waals surface area contributed by atoms with Crippen LogP contribution in [0.4, 0.5) is 0 Å². The number of hydrogen-bond donors (Lipinski definition) is 1. The van der Waals surface area contributed by atoms with Gasteiger partial charge in [0.2, 0.25) is 0 Å². The van der Waals surface area contributed by atoms with Crippen LogP contribution < -0.4 is 5.32 Å². The number of hydrogen-bond acceptors (Lipinski definition) is 3. The first kappa shape index (κ1) is 15.1. The van der Waals surface area contributed by atoms with E-state index < -0.39 is 0 Å². The number of aryl methyl sites for hydroxylation is 1. The monoisotopic (exact) mass is 362 g/mol. The number of nitrogens with zero attached hydrogens (tertiary/aromatic N) is 1. The van der Waals surface area contributed by atoms with Crippen molar-refractivity contribution in [2.45, 2.75) is 36.1 Å². The summed E-state index contributed by atoms with van der Waals surface area (Å²) < 4.78 is 1.03. The minimum absolute atomic E-state index is 0.412. The predicted octanol–water partition coefficient (Wildman–Crippen LogP) is 4.60. The minimum atomic E-state index is 0.412. The van der Waals surface area contributed by atoms with E-state index in [2.05, 4.69) is 69.6 Å². The Morgan fingerprint density at radius 2 is 2.14 bits per heavy atom. The average molecular weight is 363 g/mol. The number of nitrogens with one attached hydrogen (secondary N) is 1. The molecule has 3 rings (SSSR count). The van der Waals surface area contributed by atoms with E-state index in [0.717, 1.165) is 22.5 Å². The molecule has 110 valence electrons. The van der Waals surface area contributed by atoms with Crippen LogP contribution in [0.15, 0.2) is 52.1 Å². The topological polar surface area (TPSA) is 24.9 Å². The highest BCUT2D eigenvalue weighted by molar-refractivity contribution is 9.10. The lowest BCUT2D eigenvalue weighted by Gasteiger charge is -2.33. The summed E-state index contributed by atoms with van der Waals surface area (Å²) in [5.41, 5.74) is 2.95. The third-order valence-electron chi connectivity index (χ3n) is 3.86. The molecule has 0 saturated heterocycles. The van der Waals surface area contributed by atoms with Gasteiger partial charge in [0, 0.05) is 22.0 Å². The van der Waals surface area contributed by atoms with Gasteiger partial charge >= 0.3 is 0 Å². The number of aromatic nitrogens is 1. The molecule has 0 aliphatic heterocycles. The van der Waals surface area contributed by atoms with Crippen molar-refractivity contribution >= 4 is 27.7 Å². The summed E-state index contributed by atoms with van der Waals surface area (Å²) in [4.78, 5) is 4.51. The SMILES string of the molecule is CCNC1c2ccccc2CCC1Sc1ccc(Br)cn1. The van der Waals surface area contributed by atoms with E-state index in [1.807, 2.05) is 18.0 Å². The number of pyridine rings is 1. The van der Waals surface area contributed by atoms with E-state index in [1.165, 1.54) is 17.5 Å². The molecular formula is C17H19BrN2S. The quantitative estimate of drug-likeness (QED) is 0.859. The van der Waals surface area contributed by atoms with Crippen LogP contribution in [0.2, 0.25) is 0 Å². The van der Waals surface area contributed by atoms with Crippen molar-refractivity contribution in [2.75, 3.05) is 6.54 Å². The van der Waals surface area contributed by atoms with Crippen molar-refractivity contribution in [2.24, 2.45) is 0 Å². The van der Waals surface area contributed by atoms with Crippen molar-refractivity contribution in [3.63, 3.8) is 0 Å². The Kier molecular flexibility index (Phi) is 4.99. The third-order valence-corrected chi connectivity index (χ3v) is 5.62. The Morgan fingerprint density at radius 3 is 2.90 bits per heavy atom. The molecule has 2 atom stereocenters. The molecule has 0 spiro atoms. The molecule has 2 aromatic rings. The molecule has 0 bridgehead atoms. The summed E-state index contributed by atoms with van der Waals surface area (Å²) in [6.07, 6.45) is 4.23. The van der Waals surface area contributed by atoms with Crippen molar-refractivity contribution < 1.29 is 0 Å². The van der Waals surface area contributed by atoms with Crippen LogP contribution in [0.25, 0.3) is 0 Å². The van der Waals surface area contributed by atoms with E-state index in [9.17, 15) is 0 Å². The summed E-state index contributed by atoms with van der Waals surface area (Å²) in [6.45, 7) is 3.17. The second-order valence-corrected chi connectivity index (χ2v) is 7.42. The molecule has 1 aliphatic rings. The summed E-state index contributed by atoms with van der Waals surface area (Å²) in [6, 6.07) is 13.4. The lowest BCUT2D eigenvalue weighted by atomic mass is 9.87. The van der Waals surface area contributed by atoms with Gasteiger partial charge in [0.15, 0.2) is 0 Å². The van der Waals surface area contributed by atoms with Crippen LogP contribution >= 0.6 is 27.7 Å². The van der Waals surface area contributed by atoms with E-state index in [0.29, 0.717) is 11.3 Å². The first-order valence-corrected chi connectivity index (χ1v) is 9.04. The van der Waals surface area contributed by atoms with Crippen molar-refractivity contribution in [3.8, 4) is 0 Å². The molecular weight excluding hydrogens is 344 g/mol. The maximum absolute atomic E-state index is 4.51. The maximum atomic E-state index is 4.51. The van der Waals surface area contributed by atoms with Crippen LogP contribution in [0.5, 0.6) is 0 Å². The summed E-state index contributed by atoms with van der Waals surface area (Å²) >= 11 is 5.34. The molecule has 4 heteroatoms. The van der Waals surface area contributed by atoms with E-state index in [-0.39, 0.29) is 0 Å². The second-order valence-electron chi connectivity index (χ2n) is 5.24. The molecule has 1 aromatic carbocycles. The lowest BCUT2D eigenvalue weighted by molar-refractivity contribution is 0.484. The largest absolute Gasteiger partial charge is 0.309 e. The van der Waals surface area contributed by atoms with Crippen LogP contribution in [-0.2, 0) is 6.42 Å². The van der Waals surface area contributed by atoms with E-state index in [4.69, 9.17) is 0 Å². The highest BCUT2D eigenvalue weighted by atomic mass is 79.9. The van der Waals surface area contributed by atoms with Crippen LogP contribution in [0, 0.1) is 0 Å². The normalized spacial score (nSPS) is 21.0. The third kappa shape index (κ3) is 3.50. The summed E-state index contributed by atoms with van der Waals surface area (Å²) in [7, 11) is 0. The maximum Gasteiger partial charge on any atom is 0.0964 e. The van der Waals surface area contributed by atoms with Gasteiger partial charge in [-0.25, -0.2) is 4.98 Å². The van der Waals surface area contributed by atoms with Crippen molar-refractivity contribution in [1.82, 2.24) is 10.3 Å². The molecule has 1 heterocycles. The van der Waals surface area contributed by atoms with Crippen LogP contribution in [0.1, 0.15) is 30.5 Å². The lowest BCUT2D eigenvalue weighted by Crippen LogP contribution is -2.34. The molecule has 0 fully saturated rings. The van der Waals surface area contributed by atoms with Gasteiger partial charge in [0.1, 0.15) is 0 Å². The smallest absolute Gasteiger partial charge is 0.0964 e. The zero-order valence-electron chi connectivity index (χ0n) is 12.1. The molecule has 2 unspecified atom stereocenters. The fourth-order valence-corrected chi connectivity index (χ4v) is 4.32. The Labute approximate surface area is 138 Å². The molecule has 1 N–H and O–H groups in total. The molecule has 2 nitrogen and oxygen atoms in total. The number of rotatable bonds is 4. The molecule has 0 amide bonds. The van der Waals surface area contributed by atoms with Gasteiger partial charge in [-0.1, -0.05) is 31.2 Å². The Bertz CT molecular complexity index is 600. The van der Waals surface area contributed by atoms with Crippen molar-refractivity contribution in [3.05, 3.63) is 58.2 Å². The second kappa shape index (κ2) is 6.95. The van der Waals surface area contributed by atoms with Gasteiger partial charge in [0.25, 0.3) is 0 Å². The highest BCUT2D eigenvalue weighted by Gasteiger charge is 2.29. The first-order valence-electron chi connectivity index (χ1n) is 7.37. The van der Waals surface area contributed by atoms with Gasteiger partial charge < -0.3 is 5.32 Å². The fourth-order valence-electron chi connectivity index (χ4n) is 2.91. The minimum Gasteiger partial charge on any atom is -0.309 e. The molecule has 1 aliphatic carbocycles. The Morgan fingerprint density at radius 1 is 1.29 bits per heavy atom. The zero-order chi connectivity index (χ0) is 14.7. The molecule has 0 saturated carbocycles. The van der Waals surface area contributed by atoms with Gasteiger partial charge in [-0.3, -0.25) is 0 Å². The van der Waals surface area contributed by atoms with E-state index >= 15 is 0 Å². The number of benzene rings is 1. The summed E-state index contributed by atoms with van der Waals surface area (Å²) in [5.74, 6) is 0. The first-order chi connectivity index (χ1) is 10.3. The molecule has 21 heavy (non-hydrogen) atoms. The number of halogens is 1. The molecule has 0 radical (unpaired) electrons. The average Bonchev–Trinajstić information content (AvgIpc) is 2.52. The van der Waals surface area contributed by atoms with Gasteiger partial charge in [-0.2, -0.15) is 0 Å². The predicted molar refractivity (Wildman–Crippen MR) is 92.8 cm³/mol. The Balaban J connectivity index is 1.83. The van der Waals surface area contributed by atoms with Gasteiger partial charge in [-0.05, 0) is 58.6 Å². The van der Waals surface area contributed by atoms with Gasteiger partial charge in [0.05, 0.1) is 5.03 Å². The van der Waals surface area contributed by atoms with Crippen molar-refractivity contribution in [1.29, 1.82) is 0 Å². The Hall–Kier alpha value is -0.840. The molecule has 1 aromatic heterocycles. The number of thioether (sulfide) groups is 1. The summed E-state index contributed by atoms with van der Waals surface area (Å²) in [5, 5.41) is 5.30. The van der Waals surface area contributed by atoms with Crippen LogP contribution in [-0.4, -0.2) is 16.8 Å². The highest BCUT2D eigenvalue weighted by Crippen LogP contribution is 2.39. The number of fused-ring (bicyclic) bond motifs is 1. The van der Waals surface area contributed by atoms with E-state index in [1.54, 1.807) is 0 Å². The fraction of sp³-hybridized carbons (Fsp3) is 0.353. The van der Waals surface area contributed by atoms with Crippen LogP contribution in [0.3, 0.4) is 0 Å². The van der Waals surface area contributed by atoms with Gasteiger partial charge in [-0.15, -0.1) is 11.8 Å².